The second kappa shape index (κ2) is 5.69. The smallest absolute Gasteiger partial charge is 0.410 e. The molecular weight excluding hydrogens is 256 g/mol. The van der Waals surface area contributed by atoms with E-state index in [1.807, 2.05) is 39.8 Å². The zero-order chi connectivity index (χ0) is 14.8. The summed E-state index contributed by atoms with van der Waals surface area (Å²) in [5.41, 5.74) is 0.271. The number of nitrogens with zero attached hydrogens (tertiary/aromatic N) is 2. The Morgan fingerprint density at radius 3 is 2.95 bits per heavy atom. The van der Waals surface area contributed by atoms with Gasteiger partial charge in [-0.3, -0.25) is 9.88 Å². The minimum absolute atomic E-state index is 0.0343. The van der Waals surface area contributed by atoms with Crippen molar-refractivity contribution in [2.75, 3.05) is 6.54 Å². The van der Waals surface area contributed by atoms with Crippen LogP contribution in [0.4, 0.5) is 4.79 Å². The summed E-state index contributed by atoms with van der Waals surface area (Å²) >= 11 is 0. The highest BCUT2D eigenvalue weighted by molar-refractivity contribution is 5.68. The first-order chi connectivity index (χ1) is 9.39. The molecule has 0 spiro atoms. The fourth-order valence-corrected chi connectivity index (χ4v) is 2.04. The Morgan fingerprint density at radius 1 is 1.55 bits per heavy atom. The van der Waals surface area contributed by atoms with Gasteiger partial charge < -0.3 is 9.47 Å². The fourth-order valence-electron chi connectivity index (χ4n) is 2.04. The van der Waals surface area contributed by atoms with Gasteiger partial charge in [0, 0.05) is 6.20 Å². The summed E-state index contributed by atoms with van der Waals surface area (Å²) in [7, 11) is 0. The first-order valence-corrected chi connectivity index (χ1v) is 6.97. The van der Waals surface area contributed by atoms with E-state index >= 15 is 0 Å². The third kappa shape index (κ3) is 3.62. The number of amides is 1. The summed E-state index contributed by atoms with van der Waals surface area (Å²) < 4.78 is 11.3. The molecule has 20 heavy (non-hydrogen) atoms. The molecule has 1 aromatic rings. The molecule has 1 aliphatic heterocycles. The van der Waals surface area contributed by atoms with Crippen molar-refractivity contribution in [2.24, 2.45) is 0 Å². The van der Waals surface area contributed by atoms with Crippen LogP contribution in [0.15, 0.2) is 18.3 Å². The van der Waals surface area contributed by atoms with Crippen molar-refractivity contribution in [3.05, 3.63) is 24.0 Å². The highest BCUT2D eigenvalue weighted by atomic mass is 16.6. The van der Waals surface area contributed by atoms with Crippen LogP contribution in [0.3, 0.4) is 0 Å². The summed E-state index contributed by atoms with van der Waals surface area (Å²) in [5.74, 6) is 0.755. The van der Waals surface area contributed by atoms with Gasteiger partial charge in [0.25, 0.3) is 0 Å². The van der Waals surface area contributed by atoms with Crippen molar-refractivity contribution in [1.29, 1.82) is 0 Å². The number of rotatable bonds is 1. The number of pyridine rings is 1. The molecular formula is C15H22N2O3. The van der Waals surface area contributed by atoms with Gasteiger partial charge in [-0.15, -0.1) is 0 Å². The molecule has 0 fully saturated rings. The second-order valence-corrected chi connectivity index (χ2v) is 5.96. The second-order valence-electron chi connectivity index (χ2n) is 5.96. The first kappa shape index (κ1) is 14.6. The summed E-state index contributed by atoms with van der Waals surface area (Å²) in [5, 5.41) is 0. The van der Waals surface area contributed by atoms with E-state index < -0.39 is 5.60 Å². The van der Waals surface area contributed by atoms with Crippen LogP contribution in [0.1, 0.15) is 39.8 Å². The fraction of sp³-hybridized carbons (Fsp3) is 0.600. The Balaban J connectivity index is 2.20. The van der Waals surface area contributed by atoms with E-state index in [1.165, 1.54) is 0 Å². The maximum absolute atomic E-state index is 12.3. The predicted octanol–water partition coefficient (Wildman–Crippen LogP) is 2.99. The molecule has 2 rings (SSSR count). The molecule has 0 saturated heterocycles. The van der Waals surface area contributed by atoms with Crippen molar-refractivity contribution >= 4 is 6.09 Å². The standard InChI is InChI=1S/C15H22N2O3/c1-5-11-9-17(14(18)20-15(2,3)4)10-12-13(19-11)7-6-8-16-12/h6-8,11H,5,9-10H2,1-4H3/t11-/m1/s1. The van der Waals surface area contributed by atoms with Crippen molar-refractivity contribution in [3.63, 3.8) is 0 Å². The first-order valence-electron chi connectivity index (χ1n) is 6.97. The van der Waals surface area contributed by atoms with Crippen molar-refractivity contribution < 1.29 is 14.3 Å². The van der Waals surface area contributed by atoms with E-state index in [4.69, 9.17) is 9.47 Å². The summed E-state index contributed by atoms with van der Waals surface area (Å²) in [4.78, 5) is 18.2. The average Bonchev–Trinajstić information content (AvgIpc) is 2.55. The molecule has 1 atom stereocenters. The molecule has 0 unspecified atom stereocenters. The van der Waals surface area contributed by atoms with Gasteiger partial charge in [0.1, 0.15) is 23.1 Å². The number of hydrogen-bond donors (Lipinski definition) is 0. The number of carbonyl (C=O) groups excluding carboxylic acids is 1. The lowest BCUT2D eigenvalue weighted by atomic mass is 10.2. The average molecular weight is 278 g/mol. The molecule has 2 heterocycles. The van der Waals surface area contributed by atoms with Crippen LogP contribution in [0, 0.1) is 0 Å². The lowest BCUT2D eigenvalue weighted by Gasteiger charge is -2.27. The number of aromatic nitrogens is 1. The van der Waals surface area contributed by atoms with Crippen molar-refractivity contribution in [3.8, 4) is 5.75 Å². The number of ether oxygens (including phenoxy) is 2. The molecule has 0 saturated carbocycles. The third-order valence-corrected chi connectivity index (χ3v) is 3.01. The quantitative estimate of drug-likeness (QED) is 0.792. The van der Waals surface area contributed by atoms with E-state index in [9.17, 15) is 4.79 Å². The van der Waals surface area contributed by atoms with Crippen LogP contribution in [0.5, 0.6) is 5.75 Å². The normalized spacial score (nSPS) is 18.8. The molecule has 0 aliphatic carbocycles. The Kier molecular flexibility index (Phi) is 4.16. The van der Waals surface area contributed by atoms with Gasteiger partial charge in [-0.25, -0.2) is 4.79 Å². The molecule has 5 heteroatoms. The molecule has 5 nitrogen and oxygen atoms in total. The largest absolute Gasteiger partial charge is 0.487 e. The lowest BCUT2D eigenvalue weighted by molar-refractivity contribution is 0.0176. The zero-order valence-electron chi connectivity index (χ0n) is 12.5. The van der Waals surface area contributed by atoms with Gasteiger partial charge in [-0.1, -0.05) is 6.92 Å². The molecule has 0 radical (unpaired) electrons. The van der Waals surface area contributed by atoms with Gasteiger partial charge in [0.05, 0.1) is 13.1 Å². The summed E-state index contributed by atoms with van der Waals surface area (Å²) in [6, 6.07) is 3.73. The molecule has 1 amide bonds. The topological polar surface area (TPSA) is 51.7 Å². The molecule has 0 N–H and O–H groups in total. The molecule has 0 aromatic carbocycles. The predicted molar refractivity (Wildman–Crippen MR) is 75.6 cm³/mol. The Labute approximate surface area is 119 Å². The lowest BCUT2D eigenvalue weighted by Crippen LogP contribution is -2.40. The highest BCUT2D eigenvalue weighted by Gasteiger charge is 2.29. The van der Waals surface area contributed by atoms with Crippen LogP contribution in [0.25, 0.3) is 0 Å². The maximum atomic E-state index is 12.3. The molecule has 110 valence electrons. The molecule has 1 aliphatic rings. The van der Waals surface area contributed by atoms with Crippen LogP contribution >= 0.6 is 0 Å². The van der Waals surface area contributed by atoms with E-state index in [2.05, 4.69) is 4.98 Å². The Hall–Kier alpha value is -1.78. The highest BCUT2D eigenvalue weighted by Crippen LogP contribution is 2.25. The molecule has 0 bridgehead atoms. The van der Waals surface area contributed by atoms with Crippen molar-refractivity contribution in [1.82, 2.24) is 9.88 Å². The SMILES string of the molecule is CC[C@@H]1CN(C(=O)OC(C)(C)C)Cc2ncccc2O1. The summed E-state index contributed by atoms with van der Waals surface area (Å²) in [6.07, 6.45) is 2.18. The summed E-state index contributed by atoms with van der Waals surface area (Å²) in [6.45, 7) is 8.57. The van der Waals surface area contributed by atoms with Crippen LogP contribution in [-0.2, 0) is 11.3 Å². The van der Waals surface area contributed by atoms with E-state index in [0.29, 0.717) is 13.1 Å². The Bertz CT molecular complexity index is 482. The van der Waals surface area contributed by atoms with Gasteiger partial charge >= 0.3 is 6.09 Å². The Morgan fingerprint density at radius 2 is 2.30 bits per heavy atom. The van der Waals surface area contributed by atoms with Crippen LogP contribution < -0.4 is 4.74 Å². The minimum Gasteiger partial charge on any atom is -0.487 e. The third-order valence-electron chi connectivity index (χ3n) is 3.01. The number of fused-ring (bicyclic) bond motifs is 1. The van der Waals surface area contributed by atoms with Crippen LogP contribution in [0.2, 0.25) is 0 Å². The monoisotopic (exact) mass is 278 g/mol. The molecule has 1 aromatic heterocycles. The maximum Gasteiger partial charge on any atom is 0.410 e. The van der Waals surface area contributed by atoms with Gasteiger partial charge in [-0.2, -0.15) is 0 Å². The van der Waals surface area contributed by atoms with Gasteiger partial charge in [0.2, 0.25) is 0 Å². The van der Waals surface area contributed by atoms with Crippen LogP contribution in [-0.4, -0.2) is 34.2 Å². The number of carbonyl (C=O) groups is 1. The van der Waals surface area contributed by atoms with E-state index in [1.54, 1.807) is 11.1 Å². The van der Waals surface area contributed by atoms with E-state index in [-0.39, 0.29) is 12.2 Å². The van der Waals surface area contributed by atoms with Crippen molar-refractivity contribution in [2.45, 2.75) is 52.4 Å². The van der Waals surface area contributed by atoms with Gasteiger partial charge in [0.15, 0.2) is 0 Å². The number of hydrogen-bond acceptors (Lipinski definition) is 4. The minimum atomic E-state index is -0.501. The van der Waals surface area contributed by atoms with Gasteiger partial charge in [-0.05, 0) is 39.3 Å². The zero-order valence-corrected chi connectivity index (χ0v) is 12.5. The van der Waals surface area contributed by atoms with E-state index in [0.717, 1.165) is 17.9 Å².